The molecule has 0 bridgehead atoms. The number of aliphatic hydroxyl groups excluding tert-OH is 1. The number of benzene rings is 1. The number of morpholine rings is 1. The maximum absolute atomic E-state index is 12.3. The molecule has 1 aromatic carbocycles. The largest absolute Gasteiger partial charge is 0.391 e. The highest BCUT2D eigenvalue weighted by atomic mass is 16.5. The van der Waals surface area contributed by atoms with Crippen molar-refractivity contribution in [1.29, 1.82) is 0 Å². The third-order valence-corrected chi connectivity index (χ3v) is 5.59. The number of imidazole rings is 1. The van der Waals surface area contributed by atoms with Crippen molar-refractivity contribution in [2.24, 2.45) is 5.92 Å². The van der Waals surface area contributed by atoms with Crippen molar-refractivity contribution >= 4 is 11.8 Å². The molecule has 0 radical (unpaired) electrons. The van der Waals surface area contributed by atoms with E-state index in [9.17, 15) is 14.7 Å². The van der Waals surface area contributed by atoms with Crippen LogP contribution in [-0.4, -0.2) is 69.8 Å². The van der Waals surface area contributed by atoms with Gasteiger partial charge in [-0.1, -0.05) is 30.3 Å². The van der Waals surface area contributed by atoms with Crippen LogP contribution in [-0.2, 0) is 20.9 Å². The zero-order valence-electron chi connectivity index (χ0n) is 16.2. The third-order valence-electron chi connectivity index (χ3n) is 5.59. The van der Waals surface area contributed by atoms with Gasteiger partial charge in [0.1, 0.15) is 12.4 Å². The van der Waals surface area contributed by atoms with E-state index in [0.29, 0.717) is 26.0 Å². The fourth-order valence-corrected chi connectivity index (χ4v) is 4.15. The van der Waals surface area contributed by atoms with Crippen LogP contribution < -0.4 is 5.32 Å². The fourth-order valence-electron chi connectivity index (χ4n) is 4.15. The molecule has 1 saturated heterocycles. The van der Waals surface area contributed by atoms with Crippen LogP contribution in [0.4, 0.5) is 0 Å². The lowest BCUT2D eigenvalue weighted by atomic mass is 10.1. The van der Waals surface area contributed by atoms with Crippen molar-refractivity contribution in [3.63, 3.8) is 0 Å². The lowest BCUT2D eigenvalue weighted by molar-refractivity contribution is -0.146. The molecule has 2 heterocycles. The van der Waals surface area contributed by atoms with Gasteiger partial charge in [-0.25, -0.2) is 4.98 Å². The third kappa shape index (κ3) is 4.65. The molecule has 2 amide bonds. The van der Waals surface area contributed by atoms with Crippen molar-refractivity contribution in [1.82, 2.24) is 19.8 Å². The van der Waals surface area contributed by atoms with Gasteiger partial charge in [0.25, 0.3) is 0 Å². The van der Waals surface area contributed by atoms with Gasteiger partial charge in [0, 0.05) is 31.0 Å². The Morgan fingerprint density at radius 3 is 2.90 bits per heavy atom. The SMILES string of the molecule is O=C(CN1CCOCC1=O)N[C@@H]1CC(Cn2ccnc2-c2ccccc2)C[C@H]1O. The molecule has 1 aromatic heterocycles. The molecule has 8 nitrogen and oxygen atoms in total. The van der Waals surface area contributed by atoms with E-state index in [2.05, 4.69) is 14.9 Å². The molecular formula is C21H26N4O4. The van der Waals surface area contributed by atoms with Crippen LogP contribution in [0.5, 0.6) is 0 Å². The maximum atomic E-state index is 12.3. The molecule has 1 unspecified atom stereocenters. The topological polar surface area (TPSA) is 96.7 Å². The Balaban J connectivity index is 1.33. The second kappa shape index (κ2) is 8.75. The average molecular weight is 398 g/mol. The lowest BCUT2D eigenvalue weighted by Crippen LogP contribution is -2.49. The summed E-state index contributed by atoms with van der Waals surface area (Å²) < 4.78 is 7.18. The Hall–Kier alpha value is -2.71. The number of carbonyl (C=O) groups excluding carboxylic acids is 2. The number of aromatic nitrogens is 2. The molecule has 8 heteroatoms. The number of ether oxygens (including phenoxy) is 1. The van der Waals surface area contributed by atoms with Gasteiger partial charge in [-0.15, -0.1) is 0 Å². The molecule has 0 spiro atoms. The molecule has 2 aromatic rings. The van der Waals surface area contributed by atoms with Crippen LogP contribution in [0.3, 0.4) is 0 Å². The van der Waals surface area contributed by atoms with Crippen LogP contribution in [0.15, 0.2) is 42.7 Å². The summed E-state index contributed by atoms with van der Waals surface area (Å²) in [5.41, 5.74) is 1.05. The summed E-state index contributed by atoms with van der Waals surface area (Å²) in [4.78, 5) is 30.1. The number of nitrogens with one attached hydrogen (secondary N) is 1. The maximum Gasteiger partial charge on any atom is 0.249 e. The lowest BCUT2D eigenvalue weighted by Gasteiger charge is -2.27. The molecule has 3 atom stereocenters. The first-order valence-electron chi connectivity index (χ1n) is 9.99. The molecule has 2 N–H and O–H groups in total. The Bertz CT molecular complexity index is 853. The minimum Gasteiger partial charge on any atom is -0.391 e. The van der Waals surface area contributed by atoms with Gasteiger partial charge < -0.3 is 24.6 Å². The number of hydrogen-bond acceptors (Lipinski definition) is 5. The molecule has 1 saturated carbocycles. The van der Waals surface area contributed by atoms with E-state index in [-0.39, 0.29) is 36.9 Å². The van der Waals surface area contributed by atoms with Crippen molar-refractivity contribution in [3.05, 3.63) is 42.7 Å². The Morgan fingerprint density at radius 1 is 1.28 bits per heavy atom. The number of hydrogen-bond donors (Lipinski definition) is 2. The minimum atomic E-state index is -0.590. The van der Waals surface area contributed by atoms with E-state index in [0.717, 1.165) is 17.9 Å². The highest BCUT2D eigenvalue weighted by molar-refractivity contribution is 5.85. The highest BCUT2D eigenvalue weighted by Gasteiger charge is 2.35. The zero-order chi connectivity index (χ0) is 20.2. The molecular weight excluding hydrogens is 372 g/mol. The van der Waals surface area contributed by atoms with Crippen molar-refractivity contribution < 1.29 is 19.4 Å². The number of aliphatic hydroxyl groups is 1. The molecule has 2 fully saturated rings. The van der Waals surface area contributed by atoms with Gasteiger partial charge in [-0.05, 0) is 18.8 Å². The molecule has 1 aliphatic heterocycles. The van der Waals surface area contributed by atoms with E-state index < -0.39 is 6.10 Å². The summed E-state index contributed by atoms with van der Waals surface area (Å²) in [6, 6.07) is 9.70. The van der Waals surface area contributed by atoms with Crippen molar-refractivity contribution in [2.45, 2.75) is 31.5 Å². The van der Waals surface area contributed by atoms with Gasteiger partial charge in [-0.3, -0.25) is 9.59 Å². The quantitative estimate of drug-likeness (QED) is 0.745. The monoisotopic (exact) mass is 398 g/mol. The van der Waals surface area contributed by atoms with Crippen molar-refractivity contribution in [3.8, 4) is 11.4 Å². The second-order valence-electron chi connectivity index (χ2n) is 7.72. The number of amides is 2. The molecule has 2 aliphatic rings. The smallest absolute Gasteiger partial charge is 0.249 e. The number of nitrogens with zero attached hydrogens (tertiary/aromatic N) is 3. The van der Waals surface area contributed by atoms with Crippen LogP contribution >= 0.6 is 0 Å². The van der Waals surface area contributed by atoms with Crippen LogP contribution in [0.2, 0.25) is 0 Å². The van der Waals surface area contributed by atoms with Gasteiger partial charge in [-0.2, -0.15) is 0 Å². The molecule has 154 valence electrons. The van der Waals surface area contributed by atoms with Crippen LogP contribution in [0, 0.1) is 5.92 Å². The Kier molecular flexibility index (Phi) is 5.92. The van der Waals surface area contributed by atoms with Crippen LogP contribution in [0.25, 0.3) is 11.4 Å². The van der Waals surface area contributed by atoms with E-state index in [1.807, 2.05) is 36.5 Å². The predicted octanol–water partition coefficient (Wildman–Crippen LogP) is 0.665. The summed E-state index contributed by atoms with van der Waals surface area (Å²) in [7, 11) is 0. The summed E-state index contributed by atoms with van der Waals surface area (Å²) in [6.45, 7) is 1.63. The minimum absolute atomic E-state index is 0.00968. The van der Waals surface area contributed by atoms with Gasteiger partial charge in [0.05, 0.1) is 25.3 Å². The predicted molar refractivity (Wildman–Crippen MR) is 106 cm³/mol. The molecule has 4 rings (SSSR count). The first-order chi connectivity index (χ1) is 14.1. The van der Waals surface area contributed by atoms with E-state index in [4.69, 9.17) is 4.74 Å². The van der Waals surface area contributed by atoms with Gasteiger partial charge >= 0.3 is 0 Å². The normalized spacial score (nSPS) is 24.7. The van der Waals surface area contributed by atoms with Gasteiger partial charge in [0.2, 0.25) is 11.8 Å². The van der Waals surface area contributed by atoms with E-state index in [1.165, 1.54) is 4.90 Å². The Morgan fingerprint density at radius 2 is 2.10 bits per heavy atom. The summed E-state index contributed by atoms with van der Waals surface area (Å²) in [5.74, 6) is 0.720. The summed E-state index contributed by atoms with van der Waals surface area (Å²) in [6.07, 6.45) is 4.45. The van der Waals surface area contributed by atoms with E-state index >= 15 is 0 Å². The van der Waals surface area contributed by atoms with E-state index in [1.54, 1.807) is 6.20 Å². The summed E-state index contributed by atoms with van der Waals surface area (Å²) >= 11 is 0. The van der Waals surface area contributed by atoms with Gasteiger partial charge in [0.15, 0.2) is 0 Å². The van der Waals surface area contributed by atoms with Crippen LogP contribution in [0.1, 0.15) is 12.8 Å². The number of carbonyl (C=O) groups is 2. The summed E-state index contributed by atoms with van der Waals surface area (Å²) in [5, 5.41) is 13.3. The standard InChI is InChI=1S/C21H26N4O4/c26-18-11-15(12-25-7-6-22-21(25)16-4-2-1-3-5-16)10-17(18)23-19(27)13-24-8-9-29-14-20(24)28/h1-7,15,17-18,26H,8-14H2,(H,23,27)/t15?,17-,18-/m1/s1. The highest BCUT2D eigenvalue weighted by Crippen LogP contribution is 2.29. The fraction of sp³-hybridized carbons (Fsp3) is 0.476. The first kappa shape index (κ1) is 19.6. The molecule has 29 heavy (non-hydrogen) atoms. The Labute approximate surface area is 169 Å². The molecule has 1 aliphatic carbocycles. The van der Waals surface area contributed by atoms with Crippen molar-refractivity contribution in [2.75, 3.05) is 26.3 Å². The average Bonchev–Trinajstić information content (AvgIpc) is 3.31. The first-order valence-corrected chi connectivity index (χ1v) is 9.99. The second-order valence-corrected chi connectivity index (χ2v) is 7.72. The zero-order valence-corrected chi connectivity index (χ0v) is 16.2. The number of rotatable bonds is 6.